The summed E-state index contributed by atoms with van der Waals surface area (Å²) >= 11 is 0. The lowest BCUT2D eigenvalue weighted by Crippen LogP contribution is -2.62. The first-order valence-electron chi connectivity index (χ1n) is 23.7. The number of H-pyrrole nitrogens is 1. The van der Waals surface area contributed by atoms with Crippen LogP contribution in [0.1, 0.15) is 82.7 Å². The van der Waals surface area contributed by atoms with Crippen LogP contribution in [0.2, 0.25) is 0 Å². The van der Waals surface area contributed by atoms with Gasteiger partial charge in [-0.05, 0) is 67.8 Å². The molecule has 1 aromatic heterocycles. The van der Waals surface area contributed by atoms with Gasteiger partial charge < -0.3 is 68.8 Å². The quantitative estimate of drug-likeness (QED) is 0.0254. The van der Waals surface area contributed by atoms with Gasteiger partial charge in [-0.25, -0.2) is 9.78 Å². The van der Waals surface area contributed by atoms with Crippen molar-refractivity contribution >= 4 is 53.3 Å². The van der Waals surface area contributed by atoms with E-state index in [4.69, 9.17) is 11.5 Å². The number of nitrogens with one attached hydrogen (secondary N) is 8. The third-order valence-electron chi connectivity index (χ3n) is 12.1. The summed E-state index contributed by atoms with van der Waals surface area (Å²) in [5.41, 5.74) is 12.2. The Morgan fingerprint density at radius 1 is 0.817 bits per heavy atom. The topological polar surface area (TPSA) is 358 Å². The summed E-state index contributed by atoms with van der Waals surface area (Å²) in [6, 6.07) is 5.44. The molecule has 0 unspecified atom stereocenters. The molecule has 1 saturated heterocycles. The highest BCUT2D eigenvalue weighted by Crippen LogP contribution is 2.23. The Morgan fingerprint density at radius 3 is 2.07 bits per heavy atom. The van der Waals surface area contributed by atoms with Crippen LogP contribution in [0.5, 0.6) is 5.75 Å². The molecule has 23 nitrogen and oxygen atoms in total. The highest BCUT2D eigenvalue weighted by Gasteiger charge is 2.41. The summed E-state index contributed by atoms with van der Waals surface area (Å²) in [5.74, 6) is -7.24. The van der Waals surface area contributed by atoms with Crippen LogP contribution in [0.3, 0.4) is 0 Å². The predicted molar refractivity (Wildman–Crippen MR) is 262 cm³/mol. The van der Waals surface area contributed by atoms with Crippen LogP contribution in [0.15, 0.2) is 72.1 Å². The summed E-state index contributed by atoms with van der Waals surface area (Å²) in [4.78, 5) is 122. The Morgan fingerprint density at radius 2 is 1.46 bits per heavy atom. The Hall–Kier alpha value is -7.56. The van der Waals surface area contributed by atoms with E-state index >= 15 is 0 Å². The second kappa shape index (κ2) is 27.6. The number of carboxylic acid groups (broad SMARTS) is 1. The minimum Gasteiger partial charge on any atom is -0.508 e. The molecule has 3 aromatic rings. The van der Waals surface area contributed by atoms with Gasteiger partial charge >= 0.3 is 5.97 Å². The number of benzene rings is 2. The first kappa shape index (κ1) is 56.0. The molecule has 0 aliphatic carbocycles. The van der Waals surface area contributed by atoms with Gasteiger partial charge in [-0.2, -0.15) is 0 Å². The number of likely N-dealkylation sites (N-methyl/N-ethyl adjacent to an activating group) is 1. The lowest BCUT2D eigenvalue weighted by atomic mass is 9.96. The maximum absolute atomic E-state index is 14.5. The van der Waals surface area contributed by atoms with Crippen LogP contribution < -0.4 is 48.7 Å². The van der Waals surface area contributed by atoms with Gasteiger partial charge in [0.25, 0.3) is 0 Å². The third kappa shape index (κ3) is 17.1. The lowest BCUT2D eigenvalue weighted by molar-refractivity contribution is -0.145. The molecule has 4 rings (SSSR count). The van der Waals surface area contributed by atoms with Crippen LogP contribution in [0.25, 0.3) is 0 Å². The average molecular weight is 988 g/mol. The standard InChI is InChI=1S/C48H69N13O10/c1-6-28(4)39(45(68)57-35(23-31-24-52-26-54-31)46(69)61-21-11-15-36(61)43(66)60-40(47(70)71)30-12-8-7-9-13-30)59-42(65)34(22-29-16-18-32(62)19-17-29)56-44(67)38(27(2)3)58-41(64)33(55-37(63)25-51-5)14-10-20-53-48(49)50/h7-9,12-13,16-19,24,26-28,33-36,38-40,51,62H,6,10-11,14-15,20-23,25H2,1-5H3,(H,52,54)(H,55,63)(H,56,67)(H,57,68)(H,58,64)(H,59,65)(H,60,66)(H,70,71)(H4,49,50,53)/t28-,33-,34-,35-,36-,38-,39-,40-/m0/s1. The van der Waals surface area contributed by atoms with Crippen molar-refractivity contribution in [3.8, 4) is 5.75 Å². The molecule has 1 aliphatic heterocycles. The highest BCUT2D eigenvalue weighted by atomic mass is 16.4. The van der Waals surface area contributed by atoms with E-state index in [1.807, 2.05) is 0 Å². The van der Waals surface area contributed by atoms with Crippen molar-refractivity contribution in [1.82, 2.24) is 52.1 Å². The number of phenols is 1. The number of rotatable bonds is 27. The number of carbonyl (C=O) groups is 8. The molecular formula is C48H69N13O10. The van der Waals surface area contributed by atoms with Gasteiger partial charge in [0, 0.05) is 37.8 Å². The van der Waals surface area contributed by atoms with Crippen LogP contribution in [0.4, 0.5) is 0 Å². The van der Waals surface area contributed by atoms with E-state index in [0.717, 1.165) is 0 Å². The zero-order valence-electron chi connectivity index (χ0n) is 40.8. The van der Waals surface area contributed by atoms with Crippen molar-refractivity contribution in [1.29, 1.82) is 0 Å². The second-order valence-electron chi connectivity index (χ2n) is 17.9. The minimum atomic E-state index is -1.38. The van der Waals surface area contributed by atoms with Gasteiger partial charge in [0.1, 0.15) is 42.0 Å². The molecule has 1 fully saturated rings. The number of carboxylic acids is 1. The van der Waals surface area contributed by atoms with Gasteiger partial charge in [-0.15, -0.1) is 0 Å². The van der Waals surface area contributed by atoms with Crippen LogP contribution in [-0.2, 0) is 51.2 Å². The molecule has 1 aliphatic rings. The molecule has 23 heteroatoms. The number of carbonyl (C=O) groups excluding carboxylic acids is 7. The van der Waals surface area contributed by atoms with Gasteiger partial charge in [-0.1, -0.05) is 76.6 Å². The summed E-state index contributed by atoms with van der Waals surface area (Å²) < 4.78 is 0. The van der Waals surface area contributed by atoms with E-state index in [1.165, 1.54) is 29.6 Å². The molecule has 386 valence electrons. The van der Waals surface area contributed by atoms with Crippen molar-refractivity contribution in [2.75, 3.05) is 26.7 Å². The fraction of sp³-hybridized carbons (Fsp3) is 0.500. The van der Waals surface area contributed by atoms with E-state index in [2.05, 4.69) is 52.2 Å². The average Bonchev–Trinajstić information content (AvgIpc) is 4.05. The molecule has 0 spiro atoms. The van der Waals surface area contributed by atoms with E-state index < -0.39 is 101 Å². The van der Waals surface area contributed by atoms with Crippen molar-refractivity contribution in [3.05, 3.63) is 83.9 Å². The first-order valence-corrected chi connectivity index (χ1v) is 23.7. The second-order valence-corrected chi connectivity index (χ2v) is 17.9. The molecule has 2 heterocycles. The van der Waals surface area contributed by atoms with Crippen LogP contribution >= 0.6 is 0 Å². The SMILES string of the molecule is CC[C@H](C)[C@H](NC(=O)[C@H](Cc1ccc(O)cc1)NC(=O)[C@@H](NC(=O)[C@H](CCCN=C(N)N)NC(=O)CNC)C(C)C)C(=O)N[C@@H](Cc1cnc[nH]1)C(=O)N1CCC[C@H]1C(=O)N[C@H](C(=O)O)c1ccccc1. The van der Waals surface area contributed by atoms with E-state index in [1.54, 1.807) is 77.2 Å². The number of aliphatic imine (C=N–C) groups is 1. The normalized spacial score (nSPS) is 16.2. The number of nitrogens with two attached hydrogens (primary N) is 2. The van der Waals surface area contributed by atoms with E-state index in [9.17, 15) is 48.6 Å². The number of hydrogen-bond acceptors (Lipinski definition) is 12. The van der Waals surface area contributed by atoms with Crippen LogP contribution in [0, 0.1) is 11.8 Å². The van der Waals surface area contributed by atoms with Crippen molar-refractivity contribution in [3.63, 3.8) is 0 Å². The molecule has 0 bridgehead atoms. The van der Waals surface area contributed by atoms with E-state index in [-0.39, 0.29) is 57.0 Å². The summed E-state index contributed by atoms with van der Waals surface area (Å²) in [5, 5.41) is 39.0. The summed E-state index contributed by atoms with van der Waals surface area (Å²) in [6.07, 6.45) is 4.15. The van der Waals surface area contributed by atoms with Crippen LogP contribution in [-0.4, -0.2) is 141 Å². The Labute approximate surface area is 412 Å². The minimum absolute atomic E-state index is 0.0405. The van der Waals surface area contributed by atoms with Gasteiger partial charge in [-0.3, -0.25) is 38.6 Å². The summed E-state index contributed by atoms with van der Waals surface area (Å²) in [6.45, 7) is 7.14. The molecule has 0 radical (unpaired) electrons. The van der Waals surface area contributed by atoms with Gasteiger partial charge in [0.2, 0.25) is 41.4 Å². The molecule has 7 amide bonds. The van der Waals surface area contributed by atoms with Crippen molar-refractivity contribution in [2.45, 2.75) is 115 Å². The maximum Gasteiger partial charge on any atom is 0.330 e. The smallest absolute Gasteiger partial charge is 0.330 e. The number of nitrogens with zero attached hydrogens (tertiary/aromatic N) is 3. The number of hydrogen-bond donors (Lipinski definition) is 12. The molecular weight excluding hydrogens is 919 g/mol. The number of amides is 7. The fourth-order valence-corrected chi connectivity index (χ4v) is 8.01. The number of imidazole rings is 1. The van der Waals surface area contributed by atoms with Crippen molar-refractivity contribution < 1.29 is 48.6 Å². The first-order chi connectivity index (χ1) is 33.8. The zero-order chi connectivity index (χ0) is 52.2. The Balaban J connectivity index is 1.59. The summed E-state index contributed by atoms with van der Waals surface area (Å²) in [7, 11) is 1.57. The fourth-order valence-electron chi connectivity index (χ4n) is 8.01. The third-order valence-corrected chi connectivity index (χ3v) is 12.1. The van der Waals surface area contributed by atoms with Gasteiger partial charge in [0.15, 0.2) is 12.0 Å². The lowest BCUT2D eigenvalue weighted by Gasteiger charge is -2.32. The van der Waals surface area contributed by atoms with Gasteiger partial charge in [0.05, 0.1) is 12.9 Å². The van der Waals surface area contributed by atoms with E-state index in [0.29, 0.717) is 36.1 Å². The monoisotopic (exact) mass is 988 g/mol. The number of aliphatic carboxylic acids is 1. The Kier molecular flexibility index (Phi) is 21.8. The molecule has 8 atom stereocenters. The number of phenolic OH excluding ortho intramolecular Hbond substituents is 1. The predicted octanol–water partition coefficient (Wildman–Crippen LogP) is -0.767. The number of aromatic amines is 1. The van der Waals surface area contributed by atoms with Crippen molar-refractivity contribution in [2.24, 2.45) is 28.3 Å². The maximum atomic E-state index is 14.5. The number of aromatic nitrogens is 2. The number of guanidine groups is 1. The largest absolute Gasteiger partial charge is 0.508 e. The number of aromatic hydroxyl groups is 1. The number of likely N-dealkylation sites (tertiary alicyclic amines) is 1. The zero-order valence-corrected chi connectivity index (χ0v) is 40.8. The highest BCUT2D eigenvalue weighted by molar-refractivity contribution is 5.98. The molecule has 0 saturated carbocycles. The molecule has 14 N–H and O–H groups in total. The molecule has 71 heavy (non-hydrogen) atoms. The Bertz CT molecular complexity index is 2290. The molecule has 2 aromatic carbocycles.